The third kappa shape index (κ3) is 3.56. The van der Waals surface area contributed by atoms with E-state index in [4.69, 9.17) is 0 Å². The first-order valence-corrected chi connectivity index (χ1v) is 6.98. The van der Waals surface area contributed by atoms with E-state index in [1.807, 2.05) is 24.0 Å². The minimum atomic E-state index is -0.487. The van der Waals surface area contributed by atoms with Gasteiger partial charge >= 0.3 is 0 Å². The van der Waals surface area contributed by atoms with Gasteiger partial charge in [-0.05, 0) is 18.8 Å². The normalized spacial score (nSPS) is 28.5. The van der Waals surface area contributed by atoms with Gasteiger partial charge in [-0.1, -0.05) is 19.8 Å². The first-order valence-electron chi connectivity index (χ1n) is 6.98. The second-order valence-corrected chi connectivity index (χ2v) is 5.81. The molecule has 0 aliphatic heterocycles. The average molecular weight is 251 g/mol. The first kappa shape index (κ1) is 13.6. The highest BCUT2D eigenvalue weighted by Crippen LogP contribution is 2.31. The van der Waals surface area contributed by atoms with E-state index in [9.17, 15) is 5.11 Å². The molecule has 2 rings (SSSR count). The van der Waals surface area contributed by atoms with Crippen LogP contribution in [0, 0.1) is 5.92 Å². The van der Waals surface area contributed by atoms with Crippen molar-refractivity contribution in [2.45, 2.75) is 44.6 Å². The van der Waals surface area contributed by atoms with Crippen LogP contribution in [-0.2, 0) is 13.5 Å². The summed E-state index contributed by atoms with van der Waals surface area (Å²) in [5, 5.41) is 13.8. The topological polar surface area (TPSA) is 50.1 Å². The van der Waals surface area contributed by atoms with Crippen molar-refractivity contribution in [3.05, 3.63) is 18.2 Å². The molecule has 1 aliphatic carbocycles. The molecule has 0 saturated heterocycles. The number of aromatic nitrogens is 2. The zero-order valence-electron chi connectivity index (χ0n) is 11.5. The third-order valence-corrected chi connectivity index (χ3v) is 3.97. The molecule has 1 fully saturated rings. The second kappa shape index (κ2) is 5.85. The number of aryl methyl sites for hydroxylation is 1. The van der Waals surface area contributed by atoms with Crippen LogP contribution in [0.1, 0.15) is 38.4 Å². The molecule has 0 radical (unpaired) electrons. The Balaban J connectivity index is 1.70. The summed E-state index contributed by atoms with van der Waals surface area (Å²) in [6.07, 6.45) is 8.98. The highest BCUT2D eigenvalue weighted by Gasteiger charge is 2.31. The molecule has 102 valence electrons. The van der Waals surface area contributed by atoms with E-state index in [0.29, 0.717) is 12.5 Å². The molecular formula is C14H25N3O. The van der Waals surface area contributed by atoms with Gasteiger partial charge in [0.1, 0.15) is 5.82 Å². The van der Waals surface area contributed by atoms with Crippen LogP contribution in [0.2, 0.25) is 0 Å². The quantitative estimate of drug-likeness (QED) is 0.780. The fraction of sp³-hybridized carbons (Fsp3) is 0.786. The van der Waals surface area contributed by atoms with E-state index >= 15 is 0 Å². The minimum absolute atomic E-state index is 0.487. The van der Waals surface area contributed by atoms with Gasteiger partial charge < -0.3 is 15.0 Å². The van der Waals surface area contributed by atoms with Gasteiger partial charge in [0.25, 0.3) is 0 Å². The summed E-state index contributed by atoms with van der Waals surface area (Å²) in [4.78, 5) is 4.29. The maximum absolute atomic E-state index is 10.5. The number of aliphatic hydroxyl groups is 1. The maximum atomic E-state index is 10.5. The predicted octanol–water partition coefficient (Wildman–Crippen LogP) is 1.49. The van der Waals surface area contributed by atoms with Crippen LogP contribution < -0.4 is 5.32 Å². The summed E-state index contributed by atoms with van der Waals surface area (Å²) >= 11 is 0. The van der Waals surface area contributed by atoms with E-state index in [0.717, 1.165) is 38.1 Å². The molecule has 0 amide bonds. The van der Waals surface area contributed by atoms with Crippen molar-refractivity contribution < 1.29 is 5.11 Å². The van der Waals surface area contributed by atoms with E-state index < -0.39 is 5.60 Å². The molecule has 2 N–H and O–H groups in total. The smallest absolute Gasteiger partial charge is 0.109 e. The highest BCUT2D eigenvalue weighted by atomic mass is 16.3. The van der Waals surface area contributed by atoms with Crippen molar-refractivity contribution in [3.63, 3.8) is 0 Å². The Hall–Kier alpha value is -0.870. The van der Waals surface area contributed by atoms with Crippen molar-refractivity contribution in [3.8, 4) is 0 Å². The van der Waals surface area contributed by atoms with Gasteiger partial charge in [-0.3, -0.25) is 0 Å². The lowest BCUT2D eigenvalue weighted by atomic mass is 9.79. The number of nitrogens with zero attached hydrogens (tertiary/aromatic N) is 2. The molecule has 0 bridgehead atoms. The molecular weight excluding hydrogens is 226 g/mol. The minimum Gasteiger partial charge on any atom is -0.389 e. The van der Waals surface area contributed by atoms with Gasteiger partial charge in [0.05, 0.1) is 5.60 Å². The van der Waals surface area contributed by atoms with Gasteiger partial charge in [0, 0.05) is 39.0 Å². The molecule has 1 aromatic heterocycles. The van der Waals surface area contributed by atoms with Crippen molar-refractivity contribution in [1.29, 1.82) is 0 Å². The van der Waals surface area contributed by atoms with Crippen LogP contribution in [0.25, 0.3) is 0 Å². The first-order chi connectivity index (χ1) is 8.59. The molecule has 18 heavy (non-hydrogen) atoms. The number of imidazole rings is 1. The lowest BCUT2D eigenvalue weighted by Gasteiger charge is -2.35. The van der Waals surface area contributed by atoms with Crippen LogP contribution in [0.4, 0.5) is 0 Å². The maximum Gasteiger partial charge on any atom is 0.109 e. The fourth-order valence-electron chi connectivity index (χ4n) is 2.95. The zero-order valence-corrected chi connectivity index (χ0v) is 11.5. The average Bonchev–Trinajstić information content (AvgIpc) is 2.70. The number of hydrogen-bond acceptors (Lipinski definition) is 3. The van der Waals surface area contributed by atoms with Gasteiger partial charge in [-0.15, -0.1) is 0 Å². The Labute approximate surface area is 109 Å². The van der Waals surface area contributed by atoms with Crippen molar-refractivity contribution >= 4 is 0 Å². The zero-order chi connectivity index (χ0) is 13.0. The Morgan fingerprint density at radius 2 is 2.44 bits per heavy atom. The largest absolute Gasteiger partial charge is 0.389 e. The van der Waals surface area contributed by atoms with Crippen LogP contribution in [0.15, 0.2) is 12.4 Å². The Bertz CT molecular complexity index is 377. The van der Waals surface area contributed by atoms with Gasteiger partial charge in [-0.25, -0.2) is 4.98 Å². The lowest BCUT2D eigenvalue weighted by molar-refractivity contribution is -0.0115. The molecule has 1 heterocycles. The number of nitrogens with one attached hydrogen (secondary N) is 1. The summed E-state index contributed by atoms with van der Waals surface area (Å²) < 4.78 is 2.04. The van der Waals surface area contributed by atoms with Crippen LogP contribution in [0.3, 0.4) is 0 Å². The van der Waals surface area contributed by atoms with E-state index in [1.54, 1.807) is 0 Å². The standard InChI is InChI=1S/C14H25N3O/c1-12-4-3-6-14(18,10-12)11-15-7-5-13-16-8-9-17(13)2/h8-9,12,15,18H,3-7,10-11H2,1-2H3. The summed E-state index contributed by atoms with van der Waals surface area (Å²) in [7, 11) is 2.01. The summed E-state index contributed by atoms with van der Waals surface area (Å²) in [6.45, 7) is 3.82. The van der Waals surface area contributed by atoms with Crippen molar-refractivity contribution in [1.82, 2.24) is 14.9 Å². The molecule has 2 unspecified atom stereocenters. The van der Waals surface area contributed by atoms with E-state index in [1.165, 1.54) is 6.42 Å². The molecule has 1 aromatic rings. The summed E-state index contributed by atoms with van der Waals surface area (Å²) in [5.74, 6) is 1.74. The summed E-state index contributed by atoms with van der Waals surface area (Å²) in [6, 6.07) is 0. The van der Waals surface area contributed by atoms with Gasteiger partial charge in [0.15, 0.2) is 0 Å². The van der Waals surface area contributed by atoms with Crippen LogP contribution in [0.5, 0.6) is 0 Å². The molecule has 4 heteroatoms. The lowest BCUT2D eigenvalue weighted by Crippen LogP contribution is -2.44. The SMILES string of the molecule is CC1CCCC(O)(CNCCc2nccn2C)C1. The van der Waals surface area contributed by atoms with Gasteiger partial charge in [0.2, 0.25) is 0 Å². The highest BCUT2D eigenvalue weighted by molar-refractivity contribution is 4.92. The molecule has 2 atom stereocenters. The molecule has 1 saturated carbocycles. The van der Waals surface area contributed by atoms with Gasteiger partial charge in [-0.2, -0.15) is 0 Å². The molecule has 0 spiro atoms. The Morgan fingerprint density at radius 3 is 3.11 bits per heavy atom. The summed E-state index contributed by atoms with van der Waals surface area (Å²) in [5.41, 5.74) is -0.487. The Kier molecular flexibility index (Phi) is 4.40. The predicted molar refractivity (Wildman–Crippen MR) is 72.4 cm³/mol. The molecule has 0 aromatic carbocycles. The number of hydrogen-bond donors (Lipinski definition) is 2. The monoisotopic (exact) mass is 251 g/mol. The molecule has 4 nitrogen and oxygen atoms in total. The number of rotatable bonds is 5. The van der Waals surface area contributed by atoms with E-state index in [2.05, 4.69) is 17.2 Å². The van der Waals surface area contributed by atoms with Crippen LogP contribution in [-0.4, -0.2) is 33.3 Å². The van der Waals surface area contributed by atoms with Crippen LogP contribution >= 0.6 is 0 Å². The fourth-order valence-corrected chi connectivity index (χ4v) is 2.95. The Morgan fingerprint density at radius 1 is 1.61 bits per heavy atom. The second-order valence-electron chi connectivity index (χ2n) is 5.81. The van der Waals surface area contributed by atoms with Crippen molar-refractivity contribution in [2.24, 2.45) is 13.0 Å². The third-order valence-electron chi connectivity index (χ3n) is 3.97. The van der Waals surface area contributed by atoms with Crippen molar-refractivity contribution in [2.75, 3.05) is 13.1 Å². The van der Waals surface area contributed by atoms with E-state index in [-0.39, 0.29) is 0 Å². The molecule has 1 aliphatic rings.